The van der Waals surface area contributed by atoms with Crippen LogP contribution < -0.4 is 15.7 Å². The summed E-state index contributed by atoms with van der Waals surface area (Å²) < 4.78 is 13.8. The molecule has 2 aromatic heterocycles. The van der Waals surface area contributed by atoms with Crippen molar-refractivity contribution in [2.45, 2.75) is 38.8 Å². The molecule has 0 atom stereocenters. The van der Waals surface area contributed by atoms with Gasteiger partial charge in [-0.25, -0.2) is 9.48 Å². The van der Waals surface area contributed by atoms with E-state index in [9.17, 15) is 4.79 Å². The number of nitrogens with zero attached hydrogens (tertiary/aromatic N) is 5. The third-order valence-corrected chi connectivity index (χ3v) is 4.61. The van der Waals surface area contributed by atoms with Crippen LogP contribution in [-0.2, 0) is 19.5 Å². The number of aromatic nitrogens is 5. The van der Waals surface area contributed by atoms with E-state index in [-0.39, 0.29) is 5.69 Å². The predicted molar refractivity (Wildman–Crippen MR) is 98.8 cm³/mol. The summed E-state index contributed by atoms with van der Waals surface area (Å²) in [5.41, 5.74) is 0.809. The quantitative estimate of drug-likeness (QED) is 0.634. The highest BCUT2D eigenvalue weighted by molar-refractivity contribution is 5.57. The van der Waals surface area contributed by atoms with E-state index < -0.39 is 0 Å². The largest absolute Gasteiger partial charge is 0.497 e. The van der Waals surface area contributed by atoms with E-state index >= 15 is 0 Å². The smallest absolute Gasteiger partial charge is 0.345 e. The molecule has 0 unspecified atom stereocenters. The normalized spacial score (nSPS) is 13.4. The lowest BCUT2D eigenvalue weighted by Crippen LogP contribution is -2.27. The molecule has 0 amide bonds. The van der Waals surface area contributed by atoms with Gasteiger partial charge in [0.15, 0.2) is 0 Å². The van der Waals surface area contributed by atoms with Gasteiger partial charge in [0.05, 0.1) is 7.11 Å². The van der Waals surface area contributed by atoms with Crippen LogP contribution in [-0.4, -0.2) is 38.1 Å². The number of aryl methyl sites for hydroxylation is 2. The number of benzene rings is 1. The highest BCUT2D eigenvalue weighted by Crippen LogP contribution is 2.22. The number of nitrogens with one attached hydrogen (secondary N) is 1. The molecule has 0 saturated carbocycles. The van der Waals surface area contributed by atoms with Crippen molar-refractivity contribution in [2.24, 2.45) is 0 Å². The maximum atomic E-state index is 12.3. The Morgan fingerprint density at radius 3 is 3.11 bits per heavy atom. The Bertz CT molecular complexity index is 974. The fraction of sp³-hybridized carbons (Fsp3) is 0.444. The van der Waals surface area contributed by atoms with E-state index in [0.29, 0.717) is 24.9 Å². The summed E-state index contributed by atoms with van der Waals surface area (Å²) in [5, 5.41) is 11.5. The molecule has 142 valence electrons. The van der Waals surface area contributed by atoms with Crippen molar-refractivity contribution in [1.82, 2.24) is 24.5 Å². The van der Waals surface area contributed by atoms with Gasteiger partial charge in [-0.2, -0.15) is 10.1 Å². The van der Waals surface area contributed by atoms with E-state index in [1.165, 1.54) is 0 Å². The summed E-state index contributed by atoms with van der Waals surface area (Å²) in [5.74, 6) is 2.13. The zero-order valence-electron chi connectivity index (χ0n) is 15.2. The molecule has 4 rings (SSSR count). The van der Waals surface area contributed by atoms with Crippen LogP contribution in [0.1, 0.15) is 25.1 Å². The zero-order valence-corrected chi connectivity index (χ0v) is 15.2. The number of methoxy groups -OCH3 is 1. The lowest BCUT2D eigenvalue weighted by atomic mass is 10.2. The van der Waals surface area contributed by atoms with Gasteiger partial charge in [0.25, 0.3) is 0 Å². The van der Waals surface area contributed by atoms with Gasteiger partial charge in [-0.1, -0.05) is 17.3 Å². The lowest BCUT2D eigenvalue weighted by molar-refractivity contribution is 0.414. The maximum absolute atomic E-state index is 12.3. The molecule has 1 aliphatic heterocycles. The van der Waals surface area contributed by atoms with Crippen molar-refractivity contribution < 1.29 is 9.26 Å². The predicted octanol–water partition coefficient (Wildman–Crippen LogP) is 1.94. The molecule has 1 aromatic carbocycles. The first kappa shape index (κ1) is 17.3. The Morgan fingerprint density at radius 1 is 1.33 bits per heavy atom. The molecule has 0 radical (unpaired) electrons. The molecule has 3 aromatic rings. The van der Waals surface area contributed by atoms with Crippen molar-refractivity contribution in [3.8, 4) is 17.1 Å². The molecule has 9 heteroatoms. The molecule has 9 nitrogen and oxygen atoms in total. The molecular weight excluding hydrogens is 348 g/mol. The number of rotatable bonds is 7. The van der Waals surface area contributed by atoms with Gasteiger partial charge in [0.2, 0.25) is 5.82 Å². The van der Waals surface area contributed by atoms with Crippen LogP contribution >= 0.6 is 0 Å². The minimum Gasteiger partial charge on any atom is -0.497 e. The van der Waals surface area contributed by atoms with Crippen LogP contribution in [0.15, 0.2) is 33.6 Å². The topological polar surface area (TPSA) is 100 Å². The first-order valence-corrected chi connectivity index (χ1v) is 9.13. The Morgan fingerprint density at radius 2 is 2.26 bits per heavy atom. The van der Waals surface area contributed by atoms with Crippen molar-refractivity contribution in [3.63, 3.8) is 0 Å². The van der Waals surface area contributed by atoms with Crippen LogP contribution in [0.2, 0.25) is 0 Å². The third kappa shape index (κ3) is 3.71. The SMILES string of the molecule is COc1cccc(-c2noc(NCCCn3nc4n(c3=O)CCCC4)n2)c1. The fourth-order valence-electron chi connectivity index (χ4n) is 3.19. The van der Waals surface area contributed by atoms with Crippen molar-refractivity contribution >= 4 is 6.01 Å². The van der Waals surface area contributed by atoms with Gasteiger partial charge in [-0.05, 0) is 31.4 Å². The summed E-state index contributed by atoms with van der Waals surface area (Å²) >= 11 is 0. The lowest BCUT2D eigenvalue weighted by Gasteiger charge is -2.09. The minimum atomic E-state index is -0.0113. The Kier molecular flexibility index (Phi) is 4.91. The highest BCUT2D eigenvalue weighted by Gasteiger charge is 2.16. The van der Waals surface area contributed by atoms with Gasteiger partial charge in [0.1, 0.15) is 11.6 Å². The summed E-state index contributed by atoms with van der Waals surface area (Å²) in [6.45, 7) is 1.94. The van der Waals surface area contributed by atoms with Crippen LogP contribution in [0.3, 0.4) is 0 Å². The second kappa shape index (κ2) is 7.65. The number of hydrogen-bond acceptors (Lipinski definition) is 7. The second-order valence-corrected chi connectivity index (χ2v) is 6.47. The Balaban J connectivity index is 1.32. The summed E-state index contributed by atoms with van der Waals surface area (Å²) in [7, 11) is 1.62. The molecule has 1 aliphatic rings. The molecule has 0 bridgehead atoms. The van der Waals surface area contributed by atoms with E-state index in [1.807, 2.05) is 24.3 Å². The summed E-state index contributed by atoms with van der Waals surface area (Å²) in [6.07, 6.45) is 3.76. The molecule has 0 saturated heterocycles. The standard InChI is InChI=1S/C18H22N6O3/c1-26-14-7-4-6-13(12-14)16-20-17(27-22-16)19-9-5-11-24-18(25)23-10-3-2-8-15(23)21-24/h4,6-7,12H,2-3,5,8-11H2,1H3,(H,19,20,22). The number of fused-ring (bicyclic) bond motifs is 1. The molecule has 1 N–H and O–H groups in total. The second-order valence-electron chi connectivity index (χ2n) is 6.47. The first-order valence-electron chi connectivity index (χ1n) is 9.13. The van der Waals surface area contributed by atoms with Crippen LogP contribution in [0.25, 0.3) is 11.4 Å². The summed E-state index contributed by atoms with van der Waals surface area (Å²) in [4.78, 5) is 16.6. The maximum Gasteiger partial charge on any atom is 0.345 e. The molecular formula is C18H22N6O3. The average molecular weight is 370 g/mol. The van der Waals surface area contributed by atoms with Crippen LogP contribution in [0.4, 0.5) is 6.01 Å². The Hall–Kier alpha value is -3.10. The van der Waals surface area contributed by atoms with E-state index in [1.54, 1.807) is 16.4 Å². The molecule has 27 heavy (non-hydrogen) atoms. The number of ether oxygens (including phenoxy) is 1. The van der Waals surface area contributed by atoms with Crippen molar-refractivity contribution in [3.05, 3.63) is 40.6 Å². The van der Waals surface area contributed by atoms with E-state index in [4.69, 9.17) is 9.26 Å². The van der Waals surface area contributed by atoms with Gasteiger partial charge >= 0.3 is 11.7 Å². The van der Waals surface area contributed by atoms with Gasteiger partial charge in [-0.3, -0.25) is 4.57 Å². The van der Waals surface area contributed by atoms with Crippen LogP contribution in [0, 0.1) is 0 Å². The highest BCUT2D eigenvalue weighted by atomic mass is 16.5. The van der Waals surface area contributed by atoms with E-state index in [0.717, 1.165) is 49.4 Å². The number of anilines is 1. The first-order chi connectivity index (χ1) is 13.2. The third-order valence-electron chi connectivity index (χ3n) is 4.61. The zero-order chi connectivity index (χ0) is 18.6. The monoisotopic (exact) mass is 370 g/mol. The fourth-order valence-corrected chi connectivity index (χ4v) is 3.19. The molecule has 0 spiro atoms. The Labute approximate surface area is 156 Å². The van der Waals surface area contributed by atoms with Gasteiger partial charge in [-0.15, -0.1) is 0 Å². The van der Waals surface area contributed by atoms with E-state index in [2.05, 4.69) is 20.6 Å². The molecule has 3 heterocycles. The van der Waals surface area contributed by atoms with Crippen molar-refractivity contribution in [1.29, 1.82) is 0 Å². The van der Waals surface area contributed by atoms with Gasteiger partial charge < -0.3 is 14.6 Å². The summed E-state index contributed by atoms with van der Waals surface area (Å²) in [6, 6.07) is 7.83. The van der Waals surface area contributed by atoms with Gasteiger partial charge in [0, 0.05) is 31.6 Å². The minimum absolute atomic E-state index is 0.0113. The van der Waals surface area contributed by atoms with Crippen LogP contribution in [0.5, 0.6) is 5.75 Å². The molecule has 0 fully saturated rings. The number of hydrogen-bond donors (Lipinski definition) is 1. The molecule has 0 aliphatic carbocycles. The average Bonchev–Trinajstić information content (AvgIpc) is 3.31. The van der Waals surface area contributed by atoms with Crippen molar-refractivity contribution in [2.75, 3.05) is 19.0 Å².